The lowest BCUT2D eigenvalue weighted by Gasteiger charge is -2.09. The predicted molar refractivity (Wildman–Crippen MR) is 73.7 cm³/mol. The molecule has 1 amide bonds. The molecule has 0 bridgehead atoms. The highest BCUT2D eigenvalue weighted by Crippen LogP contribution is 2.27. The third kappa shape index (κ3) is 2.21. The van der Waals surface area contributed by atoms with Gasteiger partial charge in [-0.3, -0.25) is 14.8 Å². The molecule has 106 valence electrons. The summed E-state index contributed by atoms with van der Waals surface area (Å²) in [5, 5.41) is 11.1. The van der Waals surface area contributed by atoms with Crippen LogP contribution >= 0.6 is 0 Å². The van der Waals surface area contributed by atoms with Crippen molar-refractivity contribution in [3.8, 4) is 0 Å². The number of hydrogen-bond donors (Lipinski definition) is 1. The molecule has 1 N–H and O–H groups in total. The normalized spacial score (nSPS) is 14.1. The lowest BCUT2D eigenvalue weighted by molar-refractivity contribution is 0.101. The van der Waals surface area contributed by atoms with Crippen molar-refractivity contribution >= 4 is 11.8 Å². The molecule has 0 spiro atoms. The predicted octanol–water partition coefficient (Wildman–Crippen LogP) is 2.33. The number of anilines is 1. The van der Waals surface area contributed by atoms with E-state index >= 15 is 0 Å². The lowest BCUT2D eigenvalue weighted by Crippen LogP contribution is -2.14. The van der Waals surface area contributed by atoms with Gasteiger partial charge in [0, 0.05) is 17.8 Å². The Morgan fingerprint density at radius 1 is 1.45 bits per heavy atom. The van der Waals surface area contributed by atoms with Gasteiger partial charge in [0.2, 0.25) is 5.88 Å². The van der Waals surface area contributed by atoms with Crippen molar-refractivity contribution in [2.75, 3.05) is 5.32 Å². The summed E-state index contributed by atoms with van der Waals surface area (Å²) in [7, 11) is 0. The second kappa shape index (κ2) is 5.11. The number of hydrogen-bond acceptors (Lipinski definition) is 4. The van der Waals surface area contributed by atoms with Crippen LogP contribution in [0.15, 0.2) is 10.6 Å². The Balaban J connectivity index is 1.80. The number of aryl methyl sites for hydroxylation is 3. The Morgan fingerprint density at radius 2 is 2.25 bits per heavy atom. The standard InChI is InChI=1S/C14H18N4O2/c1-3-18-9(2)8-12(16-18)13(19)15-14-10-6-4-5-7-11(10)17-20-14/h8H,3-7H2,1-2H3,(H,15,19). The van der Waals surface area contributed by atoms with E-state index in [1.54, 1.807) is 10.7 Å². The molecule has 0 fully saturated rings. The van der Waals surface area contributed by atoms with Gasteiger partial charge >= 0.3 is 0 Å². The third-order valence-electron chi connectivity index (χ3n) is 3.70. The van der Waals surface area contributed by atoms with Gasteiger partial charge in [0.1, 0.15) is 0 Å². The average Bonchev–Trinajstić information content (AvgIpc) is 3.03. The second-order valence-corrected chi connectivity index (χ2v) is 5.08. The first-order chi connectivity index (χ1) is 9.69. The number of carbonyl (C=O) groups is 1. The van der Waals surface area contributed by atoms with E-state index in [9.17, 15) is 4.79 Å². The summed E-state index contributed by atoms with van der Waals surface area (Å²) in [6.07, 6.45) is 4.09. The summed E-state index contributed by atoms with van der Waals surface area (Å²) >= 11 is 0. The van der Waals surface area contributed by atoms with E-state index in [0.29, 0.717) is 11.6 Å². The molecular formula is C14H18N4O2. The molecule has 2 heterocycles. The van der Waals surface area contributed by atoms with Gasteiger partial charge in [0.05, 0.1) is 5.69 Å². The smallest absolute Gasteiger partial charge is 0.278 e. The van der Waals surface area contributed by atoms with Crippen molar-refractivity contribution in [3.63, 3.8) is 0 Å². The molecule has 1 aliphatic rings. The third-order valence-corrected chi connectivity index (χ3v) is 3.70. The Labute approximate surface area is 117 Å². The monoisotopic (exact) mass is 274 g/mol. The van der Waals surface area contributed by atoms with E-state index in [2.05, 4.69) is 15.6 Å². The summed E-state index contributed by atoms with van der Waals surface area (Å²) in [5.41, 5.74) is 3.39. The summed E-state index contributed by atoms with van der Waals surface area (Å²) in [5.74, 6) is 0.234. The topological polar surface area (TPSA) is 73.0 Å². The second-order valence-electron chi connectivity index (χ2n) is 5.08. The quantitative estimate of drug-likeness (QED) is 0.932. The largest absolute Gasteiger partial charge is 0.338 e. The molecule has 6 nitrogen and oxygen atoms in total. The van der Waals surface area contributed by atoms with Crippen LogP contribution in [0.25, 0.3) is 0 Å². The van der Waals surface area contributed by atoms with Crippen molar-refractivity contribution in [2.24, 2.45) is 0 Å². The first-order valence-electron chi connectivity index (χ1n) is 7.02. The molecule has 0 radical (unpaired) electrons. The molecule has 0 aliphatic heterocycles. The van der Waals surface area contributed by atoms with Gasteiger partial charge in [-0.25, -0.2) is 0 Å². The van der Waals surface area contributed by atoms with Gasteiger partial charge in [-0.2, -0.15) is 5.10 Å². The van der Waals surface area contributed by atoms with Gasteiger partial charge in [0.15, 0.2) is 5.69 Å². The van der Waals surface area contributed by atoms with Crippen LogP contribution < -0.4 is 5.32 Å². The molecule has 20 heavy (non-hydrogen) atoms. The molecular weight excluding hydrogens is 256 g/mol. The van der Waals surface area contributed by atoms with Gasteiger partial charge < -0.3 is 4.52 Å². The Kier molecular flexibility index (Phi) is 3.30. The molecule has 2 aromatic heterocycles. The fourth-order valence-corrected chi connectivity index (χ4v) is 2.60. The molecule has 0 saturated heterocycles. The summed E-state index contributed by atoms with van der Waals surface area (Å²) in [6.45, 7) is 4.68. The van der Waals surface area contributed by atoms with Crippen molar-refractivity contribution < 1.29 is 9.32 Å². The fraction of sp³-hybridized carbons (Fsp3) is 0.500. The SMILES string of the molecule is CCn1nc(C(=O)Nc2onc3c2CCCC3)cc1C. The molecule has 2 aromatic rings. The van der Waals surface area contributed by atoms with E-state index in [1.807, 2.05) is 13.8 Å². The minimum atomic E-state index is -0.246. The zero-order chi connectivity index (χ0) is 14.1. The van der Waals surface area contributed by atoms with Crippen molar-refractivity contribution in [2.45, 2.75) is 46.1 Å². The van der Waals surface area contributed by atoms with Gasteiger partial charge in [-0.1, -0.05) is 5.16 Å². The maximum atomic E-state index is 12.2. The van der Waals surface area contributed by atoms with Crippen LogP contribution in [0.3, 0.4) is 0 Å². The van der Waals surface area contributed by atoms with Crippen LogP contribution in [0.5, 0.6) is 0 Å². The van der Waals surface area contributed by atoms with Crippen molar-refractivity contribution in [3.05, 3.63) is 28.7 Å². The number of carbonyl (C=O) groups excluding carboxylic acids is 1. The van der Waals surface area contributed by atoms with Crippen LogP contribution in [-0.4, -0.2) is 20.8 Å². The maximum absolute atomic E-state index is 12.2. The Hall–Kier alpha value is -2.11. The van der Waals surface area contributed by atoms with Crippen LogP contribution in [0.4, 0.5) is 5.88 Å². The number of rotatable bonds is 3. The van der Waals surface area contributed by atoms with E-state index in [4.69, 9.17) is 4.52 Å². The number of nitrogens with one attached hydrogen (secondary N) is 1. The van der Waals surface area contributed by atoms with Crippen molar-refractivity contribution in [1.82, 2.24) is 14.9 Å². The first kappa shape index (κ1) is 12.9. The minimum Gasteiger partial charge on any atom is -0.338 e. The molecule has 0 atom stereocenters. The van der Waals surface area contributed by atoms with E-state index < -0.39 is 0 Å². The summed E-state index contributed by atoms with van der Waals surface area (Å²) < 4.78 is 7.05. The van der Waals surface area contributed by atoms with E-state index in [0.717, 1.165) is 49.2 Å². The minimum absolute atomic E-state index is 0.246. The highest BCUT2D eigenvalue weighted by atomic mass is 16.5. The van der Waals surface area contributed by atoms with Crippen LogP contribution in [-0.2, 0) is 19.4 Å². The Morgan fingerprint density at radius 3 is 3.00 bits per heavy atom. The van der Waals surface area contributed by atoms with Gasteiger partial charge in [-0.05, 0) is 45.6 Å². The number of aromatic nitrogens is 3. The fourth-order valence-electron chi connectivity index (χ4n) is 2.60. The van der Waals surface area contributed by atoms with Crippen LogP contribution in [0.1, 0.15) is 47.2 Å². The first-order valence-corrected chi connectivity index (χ1v) is 7.02. The molecule has 0 unspecified atom stereocenters. The number of fused-ring (bicyclic) bond motifs is 1. The highest BCUT2D eigenvalue weighted by Gasteiger charge is 2.22. The average molecular weight is 274 g/mol. The van der Waals surface area contributed by atoms with Crippen LogP contribution in [0, 0.1) is 6.92 Å². The lowest BCUT2D eigenvalue weighted by atomic mass is 9.98. The summed E-state index contributed by atoms with van der Waals surface area (Å²) in [4.78, 5) is 12.2. The zero-order valence-electron chi connectivity index (χ0n) is 11.8. The zero-order valence-corrected chi connectivity index (χ0v) is 11.8. The van der Waals surface area contributed by atoms with Crippen molar-refractivity contribution in [1.29, 1.82) is 0 Å². The number of nitrogens with zero attached hydrogens (tertiary/aromatic N) is 3. The molecule has 0 aromatic carbocycles. The maximum Gasteiger partial charge on any atom is 0.278 e. The molecule has 3 rings (SSSR count). The molecule has 1 aliphatic carbocycles. The van der Waals surface area contributed by atoms with Crippen LogP contribution in [0.2, 0.25) is 0 Å². The van der Waals surface area contributed by atoms with E-state index in [-0.39, 0.29) is 5.91 Å². The van der Waals surface area contributed by atoms with Gasteiger partial charge in [-0.15, -0.1) is 0 Å². The molecule has 0 saturated carbocycles. The Bertz CT molecular complexity index is 642. The van der Waals surface area contributed by atoms with E-state index in [1.165, 1.54) is 0 Å². The number of amides is 1. The molecule has 6 heteroatoms. The summed E-state index contributed by atoms with van der Waals surface area (Å²) in [6, 6.07) is 1.78. The highest BCUT2D eigenvalue weighted by molar-refractivity contribution is 6.02. The van der Waals surface area contributed by atoms with Gasteiger partial charge in [0.25, 0.3) is 5.91 Å².